The van der Waals surface area contributed by atoms with E-state index in [1.165, 1.54) is 32.1 Å². The van der Waals surface area contributed by atoms with Crippen LogP contribution in [-0.4, -0.2) is 15.2 Å². The van der Waals surface area contributed by atoms with E-state index in [4.69, 9.17) is 12.2 Å². The Balaban J connectivity index is 1.98. The molecule has 2 rings (SSSR count). The van der Waals surface area contributed by atoms with E-state index in [1.54, 1.807) is 0 Å². The molecule has 1 aliphatic rings. The van der Waals surface area contributed by atoms with Crippen molar-refractivity contribution < 1.29 is 0 Å². The molecule has 2 N–H and O–H groups in total. The fourth-order valence-corrected chi connectivity index (χ4v) is 2.47. The molecule has 0 amide bonds. The molecule has 1 fully saturated rings. The van der Waals surface area contributed by atoms with Crippen molar-refractivity contribution in [2.24, 2.45) is 5.92 Å². The van der Waals surface area contributed by atoms with Crippen LogP contribution in [0, 0.1) is 10.7 Å². The Morgan fingerprint density at radius 3 is 2.50 bits per heavy atom. The van der Waals surface area contributed by atoms with Crippen LogP contribution in [0.3, 0.4) is 0 Å². The molecule has 4 heteroatoms. The Labute approximate surface area is 89.3 Å². The topological polar surface area (TPSA) is 44.5 Å². The van der Waals surface area contributed by atoms with E-state index in [0.717, 1.165) is 11.7 Å². The second kappa shape index (κ2) is 4.26. The first kappa shape index (κ1) is 9.90. The summed E-state index contributed by atoms with van der Waals surface area (Å²) in [6.45, 7) is 2.28. The Morgan fingerprint density at radius 1 is 1.29 bits per heavy atom. The van der Waals surface area contributed by atoms with Crippen LogP contribution in [0.25, 0.3) is 0 Å². The van der Waals surface area contributed by atoms with Gasteiger partial charge in [-0.05, 0) is 43.8 Å². The predicted octanol–water partition coefficient (Wildman–Crippen LogP) is 3.15. The molecular weight excluding hydrogens is 194 g/mol. The molecule has 0 saturated heterocycles. The molecule has 0 aromatic carbocycles. The van der Waals surface area contributed by atoms with Gasteiger partial charge in [0.25, 0.3) is 0 Å². The number of nitrogens with zero attached hydrogens (tertiary/aromatic N) is 1. The van der Waals surface area contributed by atoms with Gasteiger partial charge in [0.15, 0.2) is 0 Å². The molecule has 3 nitrogen and oxygen atoms in total. The molecule has 0 aliphatic heterocycles. The highest BCUT2D eigenvalue weighted by molar-refractivity contribution is 7.71. The Morgan fingerprint density at radius 2 is 2.00 bits per heavy atom. The molecular formula is C10H17N3S. The van der Waals surface area contributed by atoms with Crippen molar-refractivity contribution in [2.45, 2.75) is 44.9 Å². The van der Waals surface area contributed by atoms with Crippen molar-refractivity contribution in [3.8, 4) is 0 Å². The highest BCUT2D eigenvalue weighted by atomic mass is 32.1. The van der Waals surface area contributed by atoms with E-state index in [-0.39, 0.29) is 0 Å². The highest BCUT2D eigenvalue weighted by Crippen LogP contribution is 2.35. The van der Waals surface area contributed by atoms with Gasteiger partial charge >= 0.3 is 0 Å². The van der Waals surface area contributed by atoms with Crippen LogP contribution in [-0.2, 0) is 0 Å². The minimum Gasteiger partial charge on any atom is -0.285 e. The molecule has 1 saturated carbocycles. The van der Waals surface area contributed by atoms with Gasteiger partial charge in [-0.2, -0.15) is 0 Å². The molecule has 0 atom stereocenters. The van der Waals surface area contributed by atoms with Crippen LogP contribution in [0.4, 0.5) is 0 Å². The number of aromatic nitrogens is 3. The van der Waals surface area contributed by atoms with Crippen LogP contribution < -0.4 is 0 Å². The number of rotatable bonds is 2. The average Bonchev–Trinajstić information content (AvgIpc) is 2.65. The van der Waals surface area contributed by atoms with Gasteiger partial charge in [0.1, 0.15) is 5.82 Å². The van der Waals surface area contributed by atoms with Crippen LogP contribution in [0.2, 0.25) is 0 Å². The number of hydrogen-bond acceptors (Lipinski definition) is 2. The molecule has 1 aromatic rings. The first-order valence-electron chi connectivity index (χ1n) is 5.44. The Bertz CT molecular complexity index is 333. The van der Waals surface area contributed by atoms with E-state index in [2.05, 4.69) is 22.1 Å². The lowest BCUT2D eigenvalue weighted by molar-refractivity contribution is 0.312. The number of aromatic amines is 2. The SMILES string of the molecule is CCC1CCC(c2nc(=S)[nH][nH]2)CC1. The zero-order chi connectivity index (χ0) is 9.97. The third-order valence-corrected chi connectivity index (χ3v) is 3.52. The smallest absolute Gasteiger partial charge is 0.213 e. The summed E-state index contributed by atoms with van der Waals surface area (Å²) in [5.74, 6) is 2.60. The fourth-order valence-electron chi connectivity index (χ4n) is 2.32. The second-order valence-corrected chi connectivity index (χ2v) is 4.56. The number of nitrogens with one attached hydrogen (secondary N) is 2. The Hall–Kier alpha value is -0.640. The van der Waals surface area contributed by atoms with Crippen LogP contribution >= 0.6 is 12.2 Å². The average molecular weight is 211 g/mol. The highest BCUT2D eigenvalue weighted by Gasteiger charge is 2.22. The summed E-state index contributed by atoms with van der Waals surface area (Å²) in [7, 11) is 0. The summed E-state index contributed by atoms with van der Waals surface area (Å²) in [4.78, 5) is 4.29. The first-order valence-corrected chi connectivity index (χ1v) is 5.85. The maximum atomic E-state index is 4.95. The number of H-pyrrole nitrogens is 2. The summed E-state index contributed by atoms with van der Waals surface area (Å²) in [5.41, 5.74) is 0. The lowest BCUT2D eigenvalue weighted by Crippen LogP contribution is -2.13. The molecule has 0 radical (unpaired) electrons. The minimum atomic E-state index is 0.581. The largest absolute Gasteiger partial charge is 0.285 e. The van der Waals surface area contributed by atoms with Crippen LogP contribution in [0.5, 0.6) is 0 Å². The minimum absolute atomic E-state index is 0.581. The molecule has 1 aliphatic carbocycles. The summed E-state index contributed by atoms with van der Waals surface area (Å²) in [6.07, 6.45) is 6.52. The van der Waals surface area contributed by atoms with E-state index < -0.39 is 0 Å². The summed E-state index contributed by atoms with van der Waals surface area (Å²) < 4.78 is 0.581. The normalized spacial score (nSPS) is 27.8. The second-order valence-electron chi connectivity index (χ2n) is 4.18. The van der Waals surface area contributed by atoms with Gasteiger partial charge in [0.2, 0.25) is 4.77 Å². The quantitative estimate of drug-likeness (QED) is 0.738. The molecule has 0 bridgehead atoms. The Kier molecular flexibility index (Phi) is 3.01. The standard InChI is InChI=1S/C10H17N3S/c1-2-7-3-5-8(6-4-7)9-11-10(14)13-12-9/h7-8H,2-6H2,1H3,(H2,11,12,13,14). The third kappa shape index (κ3) is 2.05. The summed E-state index contributed by atoms with van der Waals surface area (Å²) >= 11 is 4.95. The molecule has 0 unspecified atom stereocenters. The molecule has 1 aromatic heterocycles. The van der Waals surface area contributed by atoms with Gasteiger partial charge in [0.05, 0.1) is 0 Å². The molecule has 78 valence electrons. The molecule has 0 spiro atoms. The van der Waals surface area contributed by atoms with Gasteiger partial charge in [-0.3, -0.25) is 10.2 Å². The maximum Gasteiger partial charge on any atom is 0.213 e. The zero-order valence-corrected chi connectivity index (χ0v) is 9.36. The van der Waals surface area contributed by atoms with E-state index in [1.807, 2.05) is 0 Å². The number of hydrogen-bond donors (Lipinski definition) is 2. The van der Waals surface area contributed by atoms with Crippen LogP contribution in [0.15, 0.2) is 0 Å². The van der Waals surface area contributed by atoms with Crippen molar-refractivity contribution in [1.82, 2.24) is 15.2 Å². The fraction of sp³-hybridized carbons (Fsp3) is 0.800. The molecule has 1 heterocycles. The van der Waals surface area contributed by atoms with Gasteiger partial charge in [-0.15, -0.1) is 0 Å². The predicted molar refractivity (Wildman–Crippen MR) is 58.8 cm³/mol. The van der Waals surface area contributed by atoms with E-state index >= 15 is 0 Å². The zero-order valence-electron chi connectivity index (χ0n) is 8.55. The van der Waals surface area contributed by atoms with Gasteiger partial charge in [0, 0.05) is 5.92 Å². The third-order valence-electron chi connectivity index (χ3n) is 3.33. The van der Waals surface area contributed by atoms with Crippen molar-refractivity contribution in [1.29, 1.82) is 0 Å². The van der Waals surface area contributed by atoms with E-state index in [0.29, 0.717) is 10.7 Å². The van der Waals surface area contributed by atoms with Crippen molar-refractivity contribution >= 4 is 12.2 Å². The summed E-state index contributed by atoms with van der Waals surface area (Å²) in [6, 6.07) is 0. The lowest BCUT2D eigenvalue weighted by Gasteiger charge is -2.26. The van der Waals surface area contributed by atoms with Gasteiger partial charge in [-0.1, -0.05) is 13.3 Å². The van der Waals surface area contributed by atoms with Crippen molar-refractivity contribution in [2.75, 3.05) is 0 Å². The van der Waals surface area contributed by atoms with Gasteiger partial charge in [-0.25, -0.2) is 4.98 Å². The van der Waals surface area contributed by atoms with Crippen molar-refractivity contribution in [3.05, 3.63) is 10.6 Å². The first-order chi connectivity index (χ1) is 6.79. The molecule has 14 heavy (non-hydrogen) atoms. The van der Waals surface area contributed by atoms with Crippen molar-refractivity contribution in [3.63, 3.8) is 0 Å². The van der Waals surface area contributed by atoms with Crippen LogP contribution in [0.1, 0.15) is 50.8 Å². The maximum absolute atomic E-state index is 4.95. The van der Waals surface area contributed by atoms with E-state index in [9.17, 15) is 0 Å². The van der Waals surface area contributed by atoms with Gasteiger partial charge < -0.3 is 0 Å². The lowest BCUT2D eigenvalue weighted by atomic mass is 9.80. The monoisotopic (exact) mass is 211 g/mol. The summed E-state index contributed by atoms with van der Waals surface area (Å²) in [5, 5.41) is 5.94.